The summed E-state index contributed by atoms with van der Waals surface area (Å²) in [5.74, 6) is 0.929. The molecule has 3 nitrogen and oxygen atoms in total. The van der Waals surface area contributed by atoms with Crippen LogP contribution in [0.1, 0.15) is 37.1 Å². The Bertz CT molecular complexity index is 411. The van der Waals surface area contributed by atoms with Crippen LogP contribution in [0, 0.1) is 12.8 Å². The molecule has 0 spiro atoms. The summed E-state index contributed by atoms with van der Waals surface area (Å²) in [7, 11) is 1.97. The van der Waals surface area contributed by atoms with Crippen molar-refractivity contribution in [2.45, 2.75) is 39.0 Å². The second-order valence-corrected chi connectivity index (χ2v) is 5.47. The summed E-state index contributed by atoms with van der Waals surface area (Å²) >= 11 is 3.57. The number of hydrogen-bond donors (Lipinski definition) is 0. The van der Waals surface area contributed by atoms with Gasteiger partial charge in [0.1, 0.15) is 5.78 Å². The fraction of sp³-hybridized carbons (Fsp3) is 0.667. The second kappa shape index (κ2) is 4.70. The van der Waals surface area contributed by atoms with Gasteiger partial charge in [0.15, 0.2) is 0 Å². The van der Waals surface area contributed by atoms with Crippen LogP contribution in [0.15, 0.2) is 4.47 Å². The Kier molecular flexibility index (Phi) is 3.47. The molecule has 0 bridgehead atoms. The van der Waals surface area contributed by atoms with E-state index in [1.54, 1.807) is 0 Å². The van der Waals surface area contributed by atoms with E-state index in [-0.39, 0.29) is 0 Å². The van der Waals surface area contributed by atoms with Gasteiger partial charge in [-0.2, -0.15) is 5.10 Å². The van der Waals surface area contributed by atoms with E-state index in [1.165, 1.54) is 12.1 Å². The summed E-state index contributed by atoms with van der Waals surface area (Å²) in [6.45, 7) is 2.00. The highest BCUT2D eigenvalue weighted by Crippen LogP contribution is 2.29. The van der Waals surface area contributed by atoms with Crippen molar-refractivity contribution < 1.29 is 4.79 Å². The standard InChI is InChI=1S/C12H17BrN2O/c1-8-12(13)11(15(2)14-8)7-9-4-3-5-10(16)6-9/h9H,3-7H2,1-2H3. The Morgan fingerprint density at radius 3 is 2.88 bits per heavy atom. The molecule has 16 heavy (non-hydrogen) atoms. The number of rotatable bonds is 2. The lowest BCUT2D eigenvalue weighted by molar-refractivity contribution is -0.121. The largest absolute Gasteiger partial charge is 0.300 e. The molecule has 2 rings (SSSR count). The molecular weight excluding hydrogens is 268 g/mol. The van der Waals surface area contributed by atoms with Gasteiger partial charge in [-0.05, 0) is 48.0 Å². The average Bonchev–Trinajstić information content (AvgIpc) is 2.45. The molecular formula is C12H17BrN2O. The van der Waals surface area contributed by atoms with Crippen LogP contribution < -0.4 is 0 Å². The summed E-state index contributed by atoms with van der Waals surface area (Å²) in [4.78, 5) is 11.4. The Morgan fingerprint density at radius 1 is 1.56 bits per heavy atom. The van der Waals surface area contributed by atoms with E-state index in [0.29, 0.717) is 11.7 Å². The van der Waals surface area contributed by atoms with Gasteiger partial charge in [-0.25, -0.2) is 0 Å². The molecule has 0 radical (unpaired) electrons. The van der Waals surface area contributed by atoms with Gasteiger partial charge in [-0.1, -0.05) is 0 Å². The molecule has 1 aliphatic carbocycles. The third kappa shape index (κ3) is 2.37. The predicted octanol–water partition coefficient (Wildman–Crippen LogP) is 2.79. The molecule has 0 aliphatic heterocycles. The van der Waals surface area contributed by atoms with Crippen LogP contribution in [0.3, 0.4) is 0 Å². The summed E-state index contributed by atoms with van der Waals surface area (Å²) in [6.07, 6.45) is 4.71. The Labute approximate surface area is 104 Å². The zero-order valence-electron chi connectivity index (χ0n) is 9.79. The van der Waals surface area contributed by atoms with Gasteiger partial charge in [0.2, 0.25) is 0 Å². The van der Waals surface area contributed by atoms with E-state index in [0.717, 1.165) is 35.8 Å². The third-order valence-electron chi connectivity index (χ3n) is 3.33. The first kappa shape index (κ1) is 11.8. The fourth-order valence-electron chi connectivity index (χ4n) is 2.46. The van der Waals surface area contributed by atoms with Crippen LogP contribution in [-0.4, -0.2) is 15.6 Å². The number of halogens is 1. The molecule has 88 valence electrons. The number of nitrogens with zero attached hydrogens (tertiary/aromatic N) is 2. The van der Waals surface area contributed by atoms with Crippen molar-refractivity contribution in [3.63, 3.8) is 0 Å². The third-order valence-corrected chi connectivity index (χ3v) is 4.36. The zero-order valence-corrected chi connectivity index (χ0v) is 11.4. The maximum atomic E-state index is 11.4. The van der Waals surface area contributed by atoms with Crippen molar-refractivity contribution in [3.05, 3.63) is 15.9 Å². The van der Waals surface area contributed by atoms with Gasteiger partial charge >= 0.3 is 0 Å². The molecule has 0 aromatic carbocycles. The monoisotopic (exact) mass is 284 g/mol. The van der Waals surface area contributed by atoms with Crippen molar-refractivity contribution in [1.29, 1.82) is 0 Å². The van der Waals surface area contributed by atoms with Crippen LogP contribution >= 0.6 is 15.9 Å². The Hall–Kier alpha value is -0.640. The quantitative estimate of drug-likeness (QED) is 0.837. The fourth-order valence-corrected chi connectivity index (χ4v) is 2.96. The number of carbonyl (C=O) groups is 1. The topological polar surface area (TPSA) is 34.9 Å². The zero-order chi connectivity index (χ0) is 11.7. The van der Waals surface area contributed by atoms with Crippen molar-refractivity contribution in [3.8, 4) is 0 Å². The van der Waals surface area contributed by atoms with E-state index in [9.17, 15) is 4.79 Å². The minimum Gasteiger partial charge on any atom is -0.300 e. The SMILES string of the molecule is Cc1nn(C)c(CC2CCCC(=O)C2)c1Br. The number of ketones is 1. The van der Waals surface area contributed by atoms with Gasteiger partial charge in [-0.3, -0.25) is 9.48 Å². The smallest absolute Gasteiger partial charge is 0.133 e. The van der Waals surface area contributed by atoms with Gasteiger partial charge in [0.05, 0.1) is 15.9 Å². The predicted molar refractivity (Wildman–Crippen MR) is 66.3 cm³/mol. The highest BCUT2D eigenvalue weighted by atomic mass is 79.9. The lowest BCUT2D eigenvalue weighted by Gasteiger charge is -2.20. The summed E-state index contributed by atoms with van der Waals surface area (Å²) in [6, 6.07) is 0. The van der Waals surface area contributed by atoms with Crippen molar-refractivity contribution >= 4 is 21.7 Å². The molecule has 1 fully saturated rings. The van der Waals surface area contributed by atoms with Crippen molar-refractivity contribution in [1.82, 2.24) is 9.78 Å². The first-order valence-corrected chi connectivity index (χ1v) is 6.57. The van der Waals surface area contributed by atoms with E-state index >= 15 is 0 Å². The molecule has 0 N–H and O–H groups in total. The van der Waals surface area contributed by atoms with Crippen LogP contribution in [0.5, 0.6) is 0 Å². The Balaban J connectivity index is 2.11. The minimum atomic E-state index is 0.422. The summed E-state index contributed by atoms with van der Waals surface area (Å²) < 4.78 is 3.03. The van der Waals surface area contributed by atoms with Crippen LogP contribution in [0.25, 0.3) is 0 Å². The molecule has 1 atom stereocenters. The molecule has 1 heterocycles. The van der Waals surface area contributed by atoms with Crippen LogP contribution in [0.4, 0.5) is 0 Å². The first-order chi connectivity index (χ1) is 7.58. The molecule has 1 aliphatic rings. The number of aryl methyl sites for hydroxylation is 2. The van der Waals surface area contributed by atoms with E-state index < -0.39 is 0 Å². The van der Waals surface area contributed by atoms with Crippen LogP contribution in [-0.2, 0) is 18.3 Å². The number of aromatic nitrogens is 2. The maximum Gasteiger partial charge on any atom is 0.133 e. The molecule has 1 unspecified atom stereocenters. The van der Waals surface area contributed by atoms with Crippen molar-refractivity contribution in [2.75, 3.05) is 0 Å². The van der Waals surface area contributed by atoms with Gasteiger partial charge < -0.3 is 0 Å². The molecule has 0 saturated heterocycles. The normalized spacial score (nSPS) is 21.4. The lowest BCUT2D eigenvalue weighted by Crippen LogP contribution is -2.18. The second-order valence-electron chi connectivity index (χ2n) is 4.67. The number of hydrogen-bond acceptors (Lipinski definition) is 2. The van der Waals surface area contributed by atoms with E-state index in [4.69, 9.17) is 0 Å². The molecule has 1 aromatic heterocycles. The highest BCUT2D eigenvalue weighted by Gasteiger charge is 2.22. The first-order valence-electron chi connectivity index (χ1n) is 5.77. The lowest BCUT2D eigenvalue weighted by atomic mass is 9.85. The minimum absolute atomic E-state index is 0.422. The van der Waals surface area contributed by atoms with E-state index in [1.807, 2.05) is 18.7 Å². The molecule has 1 aromatic rings. The molecule has 1 saturated carbocycles. The summed E-state index contributed by atoms with van der Waals surface area (Å²) in [5, 5.41) is 4.38. The molecule has 0 amide bonds. The number of carbonyl (C=O) groups excluding carboxylic acids is 1. The number of Topliss-reactive ketones (excluding diaryl/α,β-unsaturated/α-hetero) is 1. The van der Waals surface area contributed by atoms with Crippen molar-refractivity contribution in [2.24, 2.45) is 13.0 Å². The van der Waals surface area contributed by atoms with E-state index in [2.05, 4.69) is 21.0 Å². The van der Waals surface area contributed by atoms with Crippen LogP contribution in [0.2, 0.25) is 0 Å². The van der Waals surface area contributed by atoms with Gasteiger partial charge in [0.25, 0.3) is 0 Å². The highest BCUT2D eigenvalue weighted by molar-refractivity contribution is 9.10. The molecule has 4 heteroatoms. The average molecular weight is 285 g/mol. The van der Waals surface area contributed by atoms with Gasteiger partial charge in [0, 0.05) is 19.9 Å². The summed E-state index contributed by atoms with van der Waals surface area (Å²) in [5.41, 5.74) is 2.25. The Morgan fingerprint density at radius 2 is 2.31 bits per heavy atom. The van der Waals surface area contributed by atoms with Gasteiger partial charge in [-0.15, -0.1) is 0 Å². The maximum absolute atomic E-state index is 11.4.